The highest BCUT2D eigenvalue weighted by atomic mass is 16.4. The van der Waals surface area contributed by atoms with Crippen molar-refractivity contribution in [1.29, 1.82) is 0 Å². The fourth-order valence-corrected chi connectivity index (χ4v) is 3.21. The second kappa shape index (κ2) is 3.89. The van der Waals surface area contributed by atoms with Crippen molar-refractivity contribution in [3.05, 3.63) is 0 Å². The van der Waals surface area contributed by atoms with Crippen LogP contribution in [0.5, 0.6) is 0 Å². The van der Waals surface area contributed by atoms with Gasteiger partial charge in [0.15, 0.2) is 0 Å². The van der Waals surface area contributed by atoms with Crippen LogP contribution < -0.4 is 0 Å². The maximum absolute atomic E-state index is 10.7. The molecule has 0 aromatic rings. The van der Waals surface area contributed by atoms with Crippen LogP contribution in [0.2, 0.25) is 0 Å². The first-order valence-corrected chi connectivity index (χ1v) is 5.62. The van der Waals surface area contributed by atoms with Crippen LogP contribution >= 0.6 is 0 Å². The van der Waals surface area contributed by atoms with Crippen molar-refractivity contribution in [3.63, 3.8) is 0 Å². The molecule has 2 aliphatic rings. The number of carboxylic acids is 1. The van der Waals surface area contributed by atoms with E-state index in [4.69, 9.17) is 5.11 Å². The Labute approximate surface area is 85.1 Å². The van der Waals surface area contributed by atoms with Gasteiger partial charge in [-0.2, -0.15) is 0 Å². The number of carboxylic acid groups (broad SMARTS) is 1. The van der Waals surface area contributed by atoms with Crippen LogP contribution in [-0.2, 0) is 4.79 Å². The quantitative estimate of drug-likeness (QED) is 0.732. The molecule has 1 aliphatic carbocycles. The fourth-order valence-electron chi connectivity index (χ4n) is 3.21. The summed E-state index contributed by atoms with van der Waals surface area (Å²) in [7, 11) is 2.10. The van der Waals surface area contributed by atoms with Gasteiger partial charge in [-0.15, -0.1) is 0 Å². The van der Waals surface area contributed by atoms with Crippen LogP contribution in [0, 0.1) is 5.92 Å². The maximum Gasteiger partial charge on any atom is 0.304 e. The van der Waals surface area contributed by atoms with Gasteiger partial charge in [-0.1, -0.05) is 12.8 Å². The second-order valence-corrected chi connectivity index (χ2v) is 4.76. The molecule has 3 nitrogen and oxygen atoms in total. The molecule has 0 amide bonds. The molecular weight excluding hydrogens is 178 g/mol. The summed E-state index contributed by atoms with van der Waals surface area (Å²) in [6, 6.07) is 0.966. The highest BCUT2D eigenvalue weighted by molar-refractivity contribution is 5.67. The van der Waals surface area contributed by atoms with Crippen LogP contribution in [0.3, 0.4) is 0 Å². The van der Waals surface area contributed by atoms with Gasteiger partial charge in [0.1, 0.15) is 0 Å². The molecule has 0 radical (unpaired) electrons. The van der Waals surface area contributed by atoms with Crippen molar-refractivity contribution < 1.29 is 9.90 Å². The van der Waals surface area contributed by atoms with Gasteiger partial charge < -0.3 is 5.11 Å². The van der Waals surface area contributed by atoms with Crippen LogP contribution in [-0.4, -0.2) is 35.1 Å². The molecule has 1 saturated heterocycles. The molecule has 1 heterocycles. The van der Waals surface area contributed by atoms with Gasteiger partial charge in [0.25, 0.3) is 0 Å². The SMILES string of the molecule is CN1C(CC(=O)O)C[C@@H]2CCCC[C@@H]21. The third-order valence-corrected chi connectivity index (χ3v) is 3.95. The number of rotatable bonds is 2. The van der Waals surface area contributed by atoms with E-state index in [1.807, 2.05) is 0 Å². The molecule has 0 aromatic carbocycles. The second-order valence-electron chi connectivity index (χ2n) is 4.76. The van der Waals surface area contributed by atoms with Gasteiger partial charge in [0.05, 0.1) is 6.42 Å². The first kappa shape index (κ1) is 9.97. The summed E-state index contributed by atoms with van der Waals surface area (Å²) in [5.41, 5.74) is 0. The Morgan fingerprint density at radius 3 is 2.79 bits per heavy atom. The molecule has 2 rings (SSSR count). The molecule has 1 unspecified atom stereocenters. The zero-order valence-electron chi connectivity index (χ0n) is 8.78. The molecule has 3 heteroatoms. The lowest BCUT2D eigenvalue weighted by molar-refractivity contribution is -0.138. The zero-order chi connectivity index (χ0) is 10.1. The van der Waals surface area contributed by atoms with Crippen molar-refractivity contribution in [3.8, 4) is 0 Å². The third kappa shape index (κ3) is 1.78. The Bertz CT molecular complexity index is 229. The summed E-state index contributed by atoms with van der Waals surface area (Å²) in [4.78, 5) is 13.0. The number of fused-ring (bicyclic) bond motifs is 1. The predicted molar refractivity (Wildman–Crippen MR) is 54.2 cm³/mol. The van der Waals surface area contributed by atoms with E-state index in [-0.39, 0.29) is 0 Å². The summed E-state index contributed by atoms with van der Waals surface area (Å²) in [5, 5.41) is 8.80. The fraction of sp³-hybridized carbons (Fsp3) is 0.909. The van der Waals surface area contributed by atoms with Crippen LogP contribution in [0.15, 0.2) is 0 Å². The number of nitrogens with zero attached hydrogens (tertiary/aromatic N) is 1. The first-order valence-electron chi connectivity index (χ1n) is 5.62. The lowest BCUT2D eigenvalue weighted by Crippen LogP contribution is -2.36. The normalized spacial score (nSPS) is 38.2. The molecule has 1 aliphatic heterocycles. The van der Waals surface area contributed by atoms with E-state index < -0.39 is 5.97 Å². The Morgan fingerprint density at radius 2 is 2.14 bits per heavy atom. The van der Waals surface area contributed by atoms with Crippen LogP contribution in [0.4, 0.5) is 0 Å². The Kier molecular flexibility index (Phi) is 2.77. The van der Waals surface area contributed by atoms with Crippen LogP contribution in [0.25, 0.3) is 0 Å². The van der Waals surface area contributed by atoms with Gasteiger partial charge in [0.2, 0.25) is 0 Å². The van der Waals surface area contributed by atoms with E-state index in [1.54, 1.807) is 0 Å². The van der Waals surface area contributed by atoms with Crippen molar-refractivity contribution in [2.45, 2.75) is 50.6 Å². The Hall–Kier alpha value is -0.570. The maximum atomic E-state index is 10.7. The number of likely N-dealkylation sites (tertiary alicyclic amines) is 1. The summed E-state index contributed by atoms with van der Waals surface area (Å²) in [6.07, 6.45) is 6.68. The molecule has 14 heavy (non-hydrogen) atoms. The lowest BCUT2D eigenvalue weighted by Gasteiger charge is -2.30. The van der Waals surface area contributed by atoms with Gasteiger partial charge >= 0.3 is 5.97 Å². The van der Waals surface area contributed by atoms with Crippen molar-refractivity contribution in [2.24, 2.45) is 5.92 Å². The molecular formula is C11H19NO2. The largest absolute Gasteiger partial charge is 0.481 e. The van der Waals surface area contributed by atoms with E-state index in [0.717, 1.165) is 12.3 Å². The molecule has 1 N–H and O–H groups in total. The standard InChI is InChI=1S/C11H19NO2/c1-12-9(7-11(13)14)6-8-4-2-3-5-10(8)12/h8-10H,2-7H2,1H3,(H,13,14)/t8-,9?,10-/m0/s1. The first-order chi connectivity index (χ1) is 6.68. The average molecular weight is 197 g/mol. The molecule has 3 atom stereocenters. The smallest absolute Gasteiger partial charge is 0.304 e. The number of carbonyl (C=O) groups is 1. The van der Waals surface area contributed by atoms with Gasteiger partial charge in [-0.25, -0.2) is 0 Å². The number of hydrogen-bond acceptors (Lipinski definition) is 2. The molecule has 0 aromatic heterocycles. The number of aliphatic carboxylic acids is 1. The van der Waals surface area contributed by atoms with Crippen molar-refractivity contribution in [1.82, 2.24) is 4.90 Å². The molecule has 0 bridgehead atoms. The minimum atomic E-state index is -0.652. The van der Waals surface area contributed by atoms with E-state index in [0.29, 0.717) is 18.5 Å². The predicted octanol–water partition coefficient (Wildman–Crippen LogP) is 1.72. The number of hydrogen-bond donors (Lipinski definition) is 1. The van der Waals surface area contributed by atoms with Gasteiger partial charge in [-0.05, 0) is 32.2 Å². The van der Waals surface area contributed by atoms with E-state index in [2.05, 4.69) is 11.9 Å². The van der Waals surface area contributed by atoms with Crippen LogP contribution in [0.1, 0.15) is 38.5 Å². The zero-order valence-corrected chi connectivity index (χ0v) is 8.78. The topological polar surface area (TPSA) is 40.5 Å². The summed E-state index contributed by atoms with van der Waals surface area (Å²) in [5.74, 6) is 0.124. The summed E-state index contributed by atoms with van der Waals surface area (Å²) in [6.45, 7) is 0. The Morgan fingerprint density at radius 1 is 1.43 bits per heavy atom. The minimum absolute atomic E-state index is 0.292. The van der Waals surface area contributed by atoms with E-state index >= 15 is 0 Å². The minimum Gasteiger partial charge on any atom is -0.481 e. The van der Waals surface area contributed by atoms with Crippen molar-refractivity contribution >= 4 is 5.97 Å². The molecule has 1 saturated carbocycles. The van der Waals surface area contributed by atoms with Gasteiger partial charge in [-0.3, -0.25) is 9.69 Å². The summed E-state index contributed by atoms with van der Waals surface area (Å²) < 4.78 is 0. The van der Waals surface area contributed by atoms with Gasteiger partial charge in [0, 0.05) is 12.1 Å². The molecule has 2 fully saturated rings. The monoisotopic (exact) mass is 197 g/mol. The third-order valence-electron chi connectivity index (χ3n) is 3.95. The highest BCUT2D eigenvalue weighted by Crippen LogP contribution is 2.39. The van der Waals surface area contributed by atoms with E-state index in [1.165, 1.54) is 25.7 Å². The lowest BCUT2D eigenvalue weighted by atomic mass is 9.84. The highest BCUT2D eigenvalue weighted by Gasteiger charge is 2.40. The van der Waals surface area contributed by atoms with E-state index in [9.17, 15) is 4.79 Å². The molecule has 0 spiro atoms. The van der Waals surface area contributed by atoms with Crippen molar-refractivity contribution in [2.75, 3.05) is 7.05 Å². The summed E-state index contributed by atoms with van der Waals surface area (Å²) >= 11 is 0. The Balaban J connectivity index is 1.99. The molecule has 80 valence electrons. The average Bonchev–Trinajstić information content (AvgIpc) is 2.44.